The molecule has 1 aromatic rings. The number of nitrogens with zero attached hydrogens (tertiary/aromatic N) is 1. The van der Waals surface area contributed by atoms with Gasteiger partial charge in [-0.05, 0) is 18.7 Å². The number of likely N-dealkylation sites (N-methyl/N-ethyl adjacent to an activating group) is 1. The molecule has 1 aliphatic rings. The Morgan fingerprint density at radius 3 is 2.70 bits per heavy atom. The lowest BCUT2D eigenvalue weighted by molar-refractivity contribution is -0.384. The number of carbonyl (C=O) groups is 1. The highest BCUT2D eigenvalue weighted by Crippen LogP contribution is 2.19. The maximum absolute atomic E-state index is 12.2. The Bertz CT molecular complexity index is 489. The molecule has 2 N–H and O–H groups in total. The van der Waals surface area contributed by atoms with Gasteiger partial charge in [0, 0.05) is 23.9 Å². The molecule has 2 atom stereocenters. The molecular formula is C13H17N3O4. The Kier molecular flexibility index (Phi) is 4.65. The SMILES string of the molecule is CCNC1COCC1C(=O)Nc1ccc([N+](=O)[O-])cc1. The molecule has 0 radical (unpaired) electrons. The third kappa shape index (κ3) is 3.31. The topological polar surface area (TPSA) is 93.5 Å². The predicted octanol–water partition coefficient (Wildman–Crippen LogP) is 1.16. The van der Waals surface area contributed by atoms with E-state index < -0.39 is 4.92 Å². The van der Waals surface area contributed by atoms with Crippen LogP contribution in [0, 0.1) is 16.0 Å². The molecule has 0 aliphatic carbocycles. The number of nitrogens with one attached hydrogen (secondary N) is 2. The molecule has 1 saturated heterocycles. The fourth-order valence-corrected chi connectivity index (χ4v) is 2.18. The van der Waals surface area contributed by atoms with Gasteiger partial charge in [0.2, 0.25) is 5.91 Å². The lowest BCUT2D eigenvalue weighted by atomic mass is 10.0. The molecule has 1 heterocycles. The normalized spacial score (nSPS) is 21.6. The van der Waals surface area contributed by atoms with Gasteiger partial charge in [0.25, 0.3) is 5.69 Å². The molecule has 7 nitrogen and oxygen atoms in total. The standard InChI is InChI=1S/C13H17N3O4/c1-2-14-12-8-20-7-11(12)13(17)15-9-3-5-10(6-4-9)16(18)19/h3-6,11-12,14H,2,7-8H2,1H3,(H,15,17). The maximum Gasteiger partial charge on any atom is 0.269 e. The smallest absolute Gasteiger partial charge is 0.269 e. The van der Waals surface area contributed by atoms with Crippen molar-refractivity contribution in [3.8, 4) is 0 Å². The number of rotatable bonds is 5. The lowest BCUT2D eigenvalue weighted by Gasteiger charge is -2.17. The van der Waals surface area contributed by atoms with Crippen molar-refractivity contribution in [3.05, 3.63) is 34.4 Å². The molecule has 0 aromatic heterocycles. The van der Waals surface area contributed by atoms with Gasteiger partial charge in [0.1, 0.15) is 0 Å². The molecule has 1 fully saturated rings. The number of hydrogen-bond acceptors (Lipinski definition) is 5. The van der Waals surface area contributed by atoms with Crippen molar-refractivity contribution in [3.63, 3.8) is 0 Å². The third-order valence-corrected chi connectivity index (χ3v) is 3.23. The van der Waals surface area contributed by atoms with Crippen molar-refractivity contribution in [2.45, 2.75) is 13.0 Å². The molecule has 2 rings (SSSR count). The second kappa shape index (κ2) is 6.44. The number of anilines is 1. The van der Waals surface area contributed by atoms with Gasteiger partial charge in [-0.25, -0.2) is 0 Å². The number of amides is 1. The van der Waals surface area contributed by atoms with Crippen molar-refractivity contribution >= 4 is 17.3 Å². The van der Waals surface area contributed by atoms with Crippen molar-refractivity contribution in [2.75, 3.05) is 25.1 Å². The molecular weight excluding hydrogens is 262 g/mol. The van der Waals surface area contributed by atoms with Crippen molar-refractivity contribution < 1.29 is 14.5 Å². The molecule has 108 valence electrons. The monoisotopic (exact) mass is 279 g/mol. The van der Waals surface area contributed by atoms with E-state index in [1.807, 2.05) is 6.92 Å². The van der Waals surface area contributed by atoms with Crippen LogP contribution < -0.4 is 10.6 Å². The summed E-state index contributed by atoms with van der Waals surface area (Å²) >= 11 is 0. The summed E-state index contributed by atoms with van der Waals surface area (Å²) in [4.78, 5) is 22.2. The van der Waals surface area contributed by atoms with Crippen LogP contribution in [0.1, 0.15) is 6.92 Å². The zero-order chi connectivity index (χ0) is 14.5. The van der Waals surface area contributed by atoms with Crippen LogP contribution in [-0.2, 0) is 9.53 Å². The van der Waals surface area contributed by atoms with Gasteiger partial charge in [0.05, 0.1) is 24.1 Å². The minimum Gasteiger partial charge on any atom is -0.379 e. The molecule has 1 aromatic carbocycles. The number of nitro benzene ring substituents is 1. The highest BCUT2D eigenvalue weighted by atomic mass is 16.6. The Labute approximate surface area is 116 Å². The first-order valence-electron chi connectivity index (χ1n) is 6.48. The quantitative estimate of drug-likeness (QED) is 0.623. The number of ether oxygens (including phenoxy) is 1. The molecule has 20 heavy (non-hydrogen) atoms. The average Bonchev–Trinajstić information content (AvgIpc) is 2.88. The highest BCUT2D eigenvalue weighted by molar-refractivity contribution is 5.93. The van der Waals surface area contributed by atoms with E-state index in [2.05, 4.69) is 10.6 Å². The summed E-state index contributed by atoms with van der Waals surface area (Å²) in [7, 11) is 0. The Hall–Kier alpha value is -1.99. The minimum atomic E-state index is -0.475. The van der Waals surface area contributed by atoms with E-state index in [1.165, 1.54) is 24.3 Å². The minimum absolute atomic E-state index is 0.00211. The molecule has 2 unspecified atom stereocenters. The van der Waals surface area contributed by atoms with Crippen LogP contribution in [0.25, 0.3) is 0 Å². The zero-order valence-corrected chi connectivity index (χ0v) is 11.2. The molecule has 7 heteroatoms. The molecule has 0 bridgehead atoms. The Balaban J connectivity index is 1.98. The van der Waals surface area contributed by atoms with Gasteiger partial charge >= 0.3 is 0 Å². The summed E-state index contributed by atoms with van der Waals surface area (Å²) in [5, 5.41) is 16.5. The van der Waals surface area contributed by atoms with E-state index in [-0.39, 0.29) is 23.6 Å². The fourth-order valence-electron chi connectivity index (χ4n) is 2.18. The molecule has 1 aliphatic heterocycles. The van der Waals surface area contributed by atoms with Gasteiger partial charge in [0.15, 0.2) is 0 Å². The largest absolute Gasteiger partial charge is 0.379 e. The van der Waals surface area contributed by atoms with Crippen LogP contribution in [0.15, 0.2) is 24.3 Å². The van der Waals surface area contributed by atoms with Crippen LogP contribution in [0.5, 0.6) is 0 Å². The number of nitro groups is 1. The van der Waals surface area contributed by atoms with Crippen LogP contribution in [0.4, 0.5) is 11.4 Å². The van der Waals surface area contributed by atoms with Crippen molar-refractivity contribution in [1.29, 1.82) is 0 Å². The van der Waals surface area contributed by atoms with Gasteiger partial charge in [-0.2, -0.15) is 0 Å². The van der Waals surface area contributed by atoms with Crippen LogP contribution in [0.3, 0.4) is 0 Å². The van der Waals surface area contributed by atoms with Crippen LogP contribution in [0.2, 0.25) is 0 Å². The summed E-state index contributed by atoms with van der Waals surface area (Å²) in [5.74, 6) is -0.382. The predicted molar refractivity (Wildman–Crippen MR) is 73.5 cm³/mol. The maximum atomic E-state index is 12.2. The van der Waals surface area contributed by atoms with Crippen molar-refractivity contribution in [1.82, 2.24) is 5.32 Å². The average molecular weight is 279 g/mol. The third-order valence-electron chi connectivity index (χ3n) is 3.23. The lowest BCUT2D eigenvalue weighted by Crippen LogP contribution is -2.41. The Morgan fingerprint density at radius 2 is 2.10 bits per heavy atom. The van der Waals surface area contributed by atoms with Gasteiger partial charge in [-0.3, -0.25) is 14.9 Å². The zero-order valence-electron chi connectivity index (χ0n) is 11.2. The van der Waals surface area contributed by atoms with Gasteiger partial charge in [-0.15, -0.1) is 0 Å². The number of non-ortho nitro benzene ring substituents is 1. The molecule has 0 saturated carbocycles. The summed E-state index contributed by atoms with van der Waals surface area (Å²) in [6, 6.07) is 5.78. The summed E-state index contributed by atoms with van der Waals surface area (Å²) in [6.45, 7) is 3.65. The van der Waals surface area contributed by atoms with Crippen molar-refractivity contribution in [2.24, 2.45) is 5.92 Å². The summed E-state index contributed by atoms with van der Waals surface area (Å²) in [5.41, 5.74) is 0.542. The summed E-state index contributed by atoms with van der Waals surface area (Å²) < 4.78 is 5.32. The second-order valence-corrected chi connectivity index (χ2v) is 4.60. The molecule has 1 amide bonds. The van der Waals surface area contributed by atoms with E-state index in [0.29, 0.717) is 18.9 Å². The van der Waals surface area contributed by atoms with E-state index in [1.54, 1.807) is 0 Å². The second-order valence-electron chi connectivity index (χ2n) is 4.60. The van der Waals surface area contributed by atoms with Crippen LogP contribution >= 0.6 is 0 Å². The number of benzene rings is 1. The van der Waals surface area contributed by atoms with Gasteiger partial charge < -0.3 is 15.4 Å². The van der Waals surface area contributed by atoms with E-state index in [9.17, 15) is 14.9 Å². The van der Waals surface area contributed by atoms with E-state index >= 15 is 0 Å². The summed E-state index contributed by atoms with van der Waals surface area (Å²) in [6.07, 6.45) is 0. The first-order chi connectivity index (χ1) is 9.61. The number of carbonyl (C=O) groups excluding carboxylic acids is 1. The number of hydrogen-bond donors (Lipinski definition) is 2. The first kappa shape index (κ1) is 14.4. The van der Waals surface area contributed by atoms with E-state index in [4.69, 9.17) is 4.74 Å². The van der Waals surface area contributed by atoms with Gasteiger partial charge in [-0.1, -0.05) is 6.92 Å². The first-order valence-corrected chi connectivity index (χ1v) is 6.48. The molecule has 0 spiro atoms. The van der Waals surface area contributed by atoms with E-state index in [0.717, 1.165) is 6.54 Å². The van der Waals surface area contributed by atoms with Crippen LogP contribution in [-0.4, -0.2) is 36.6 Å². The highest BCUT2D eigenvalue weighted by Gasteiger charge is 2.33. The fraction of sp³-hybridized carbons (Fsp3) is 0.462. The Morgan fingerprint density at radius 1 is 1.40 bits per heavy atom.